The Morgan fingerprint density at radius 2 is 1.80 bits per heavy atom. The van der Waals surface area contributed by atoms with Crippen molar-refractivity contribution >= 4 is 16.1 Å². The van der Waals surface area contributed by atoms with E-state index in [4.69, 9.17) is 5.73 Å². The van der Waals surface area contributed by atoms with Crippen LogP contribution in [0.5, 0.6) is 0 Å². The predicted molar refractivity (Wildman–Crippen MR) is 54.2 cm³/mol. The lowest BCUT2D eigenvalue weighted by Gasteiger charge is -2.06. The molecular weight excluding hydrogens is 218 g/mol. The van der Waals surface area contributed by atoms with Gasteiger partial charge in [-0.05, 0) is 19.1 Å². The van der Waals surface area contributed by atoms with Gasteiger partial charge in [-0.3, -0.25) is 5.43 Å². The molecule has 0 heterocycles. The van der Waals surface area contributed by atoms with Gasteiger partial charge in [-0.15, -0.1) is 4.83 Å². The molecule has 1 aromatic rings. The summed E-state index contributed by atoms with van der Waals surface area (Å²) in [4.78, 5) is 12.2. The summed E-state index contributed by atoms with van der Waals surface area (Å²) >= 11 is 0. The topological polar surface area (TPSA) is 101 Å². The van der Waals surface area contributed by atoms with Crippen molar-refractivity contribution in [1.82, 2.24) is 10.3 Å². The number of hydrogen-bond donors (Lipinski definition) is 3. The van der Waals surface area contributed by atoms with Gasteiger partial charge in [-0.1, -0.05) is 17.7 Å². The largest absolute Gasteiger partial charge is 0.351 e. The number of carbonyl (C=O) groups is 1. The summed E-state index contributed by atoms with van der Waals surface area (Å²) in [5, 5.41) is 0. The number of amides is 2. The molecule has 0 aliphatic heterocycles. The Bertz CT molecular complexity index is 453. The number of hydrogen-bond acceptors (Lipinski definition) is 3. The van der Waals surface area contributed by atoms with Gasteiger partial charge < -0.3 is 5.73 Å². The van der Waals surface area contributed by atoms with Crippen LogP contribution in [0.3, 0.4) is 0 Å². The summed E-state index contributed by atoms with van der Waals surface area (Å²) in [7, 11) is -3.73. The lowest BCUT2D eigenvalue weighted by Crippen LogP contribution is -2.44. The van der Waals surface area contributed by atoms with Crippen molar-refractivity contribution in [1.29, 1.82) is 0 Å². The molecule has 0 aliphatic carbocycles. The van der Waals surface area contributed by atoms with Crippen LogP contribution in [0.1, 0.15) is 5.56 Å². The van der Waals surface area contributed by atoms with E-state index in [1.807, 2.05) is 11.8 Å². The molecule has 0 saturated heterocycles. The molecule has 2 amide bonds. The first kappa shape index (κ1) is 11.5. The maximum Gasteiger partial charge on any atom is 0.327 e. The summed E-state index contributed by atoms with van der Waals surface area (Å²) in [6.45, 7) is 1.84. The number of carbonyl (C=O) groups excluding carboxylic acids is 1. The number of hydrazine groups is 1. The highest BCUT2D eigenvalue weighted by atomic mass is 32.2. The number of rotatable bonds is 3. The molecule has 0 fully saturated rings. The SMILES string of the molecule is Cc1ccc(S(=O)(=O)NNC(N)=O)cc1. The zero-order valence-corrected chi connectivity index (χ0v) is 8.84. The van der Waals surface area contributed by atoms with Crippen LogP contribution in [0, 0.1) is 6.92 Å². The number of nitrogens with one attached hydrogen (secondary N) is 2. The molecule has 1 aromatic carbocycles. The van der Waals surface area contributed by atoms with Gasteiger partial charge in [0.25, 0.3) is 10.0 Å². The molecule has 7 heteroatoms. The van der Waals surface area contributed by atoms with E-state index in [1.54, 1.807) is 17.6 Å². The first-order valence-electron chi connectivity index (χ1n) is 4.06. The van der Waals surface area contributed by atoms with Crippen LogP contribution in [0.25, 0.3) is 0 Å². The van der Waals surface area contributed by atoms with Gasteiger partial charge in [0, 0.05) is 0 Å². The molecule has 0 saturated carbocycles. The highest BCUT2D eigenvalue weighted by molar-refractivity contribution is 7.89. The second-order valence-corrected chi connectivity index (χ2v) is 4.59. The van der Waals surface area contributed by atoms with Crippen molar-refractivity contribution in [2.75, 3.05) is 0 Å². The van der Waals surface area contributed by atoms with Crippen LogP contribution >= 0.6 is 0 Å². The van der Waals surface area contributed by atoms with Crippen LogP contribution in [-0.4, -0.2) is 14.4 Å². The molecule has 1 rings (SSSR count). The van der Waals surface area contributed by atoms with Gasteiger partial charge in [0.1, 0.15) is 0 Å². The van der Waals surface area contributed by atoms with E-state index in [2.05, 4.69) is 0 Å². The lowest BCUT2D eigenvalue weighted by molar-refractivity contribution is 0.247. The van der Waals surface area contributed by atoms with Crippen molar-refractivity contribution in [3.8, 4) is 0 Å². The highest BCUT2D eigenvalue weighted by Crippen LogP contribution is 2.08. The fourth-order valence-corrected chi connectivity index (χ4v) is 1.74. The van der Waals surface area contributed by atoms with Crippen molar-refractivity contribution in [3.63, 3.8) is 0 Å². The van der Waals surface area contributed by atoms with Crippen LogP contribution in [0.4, 0.5) is 4.79 Å². The molecule has 0 bridgehead atoms. The maximum atomic E-state index is 11.5. The van der Waals surface area contributed by atoms with E-state index in [0.29, 0.717) is 0 Å². The zero-order chi connectivity index (χ0) is 11.5. The highest BCUT2D eigenvalue weighted by Gasteiger charge is 2.13. The third-order valence-corrected chi connectivity index (χ3v) is 2.90. The minimum absolute atomic E-state index is 0.0573. The second-order valence-electron chi connectivity index (χ2n) is 2.91. The minimum Gasteiger partial charge on any atom is -0.351 e. The number of aryl methyl sites for hydroxylation is 1. The van der Waals surface area contributed by atoms with Gasteiger partial charge in [-0.25, -0.2) is 13.2 Å². The molecule has 0 radical (unpaired) electrons. The summed E-state index contributed by atoms with van der Waals surface area (Å²) in [5.74, 6) is 0. The Kier molecular flexibility index (Phi) is 3.28. The Balaban J connectivity index is 2.87. The molecule has 0 aromatic heterocycles. The fourth-order valence-electron chi connectivity index (χ4n) is 0.894. The summed E-state index contributed by atoms with van der Waals surface area (Å²) in [5.41, 5.74) is 7.47. The summed E-state index contributed by atoms with van der Waals surface area (Å²) in [6.07, 6.45) is 0. The summed E-state index contributed by atoms with van der Waals surface area (Å²) < 4.78 is 22.9. The average Bonchev–Trinajstić information content (AvgIpc) is 2.16. The normalized spacial score (nSPS) is 11.0. The Hall–Kier alpha value is -1.60. The zero-order valence-electron chi connectivity index (χ0n) is 8.02. The molecule has 0 atom stereocenters. The van der Waals surface area contributed by atoms with Crippen molar-refractivity contribution in [2.24, 2.45) is 5.73 Å². The van der Waals surface area contributed by atoms with Crippen LogP contribution in [-0.2, 0) is 10.0 Å². The molecule has 82 valence electrons. The molecule has 4 N–H and O–H groups in total. The standard InChI is InChI=1S/C8H11N3O3S/c1-6-2-4-7(5-3-6)15(13,14)11-10-8(9)12/h2-5,11H,1H3,(H3,9,10,12). The second kappa shape index (κ2) is 4.28. The Morgan fingerprint density at radius 3 is 2.27 bits per heavy atom. The molecular formula is C8H11N3O3S. The number of benzene rings is 1. The fraction of sp³-hybridized carbons (Fsp3) is 0.125. The van der Waals surface area contributed by atoms with Gasteiger partial charge in [0.2, 0.25) is 0 Å². The molecule has 0 unspecified atom stereocenters. The lowest BCUT2D eigenvalue weighted by atomic mass is 10.2. The number of primary amides is 1. The van der Waals surface area contributed by atoms with E-state index in [1.165, 1.54) is 12.1 Å². The average molecular weight is 229 g/mol. The third kappa shape index (κ3) is 3.22. The monoisotopic (exact) mass is 229 g/mol. The van der Waals surface area contributed by atoms with E-state index in [9.17, 15) is 13.2 Å². The maximum absolute atomic E-state index is 11.5. The van der Waals surface area contributed by atoms with E-state index in [-0.39, 0.29) is 4.90 Å². The van der Waals surface area contributed by atoms with E-state index < -0.39 is 16.1 Å². The first-order chi connectivity index (χ1) is 6.92. The van der Waals surface area contributed by atoms with Crippen molar-refractivity contribution < 1.29 is 13.2 Å². The smallest absolute Gasteiger partial charge is 0.327 e. The molecule has 15 heavy (non-hydrogen) atoms. The van der Waals surface area contributed by atoms with E-state index >= 15 is 0 Å². The van der Waals surface area contributed by atoms with Gasteiger partial charge in [0.15, 0.2) is 0 Å². The van der Waals surface area contributed by atoms with Crippen LogP contribution < -0.4 is 16.0 Å². The molecule has 6 nitrogen and oxygen atoms in total. The number of nitrogens with two attached hydrogens (primary N) is 1. The Morgan fingerprint density at radius 1 is 1.27 bits per heavy atom. The predicted octanol–water partition coefficient (Wildman–Crippen LogP) is -0.143. The molecule has 0 aliphatic rings. The van der Waals surface area contributed by atoms with E-state index in [0.717, 1.165) is 5.56 Å². The summed E-state index contributed by atoms with van der Waals surface area (Å²) in [6, 6.07) is 5.20. The van der Waals surface area contributed by atoms with Crippen molar-refractivity contribution in [2.45, 2.75) is 11.8 Å². The van der Waals surface area contributed by atoms with Gasteiger partial charge >= 0.3 is 6.03 Å². The molecule has 0 spiro atoms. The quantitative estimate of drug-likeness (QED) is 0.628. The van der Waals surface area contributed by atoms with Crippen molar-refractivity contribution in [3.05, 3.63) is 29.8 Å². The Labute approximate surface area is 87.5 Å². The first-order valence-corrected chi connectivity index (χ1v) is 5.54. The number of sulfonamides is 1. The van der Waals surface area contributed by atoms with Crippen LogP contribution in [0.15, 0.2) is 29.2 Å². The van der Waals surface area contributed by atoms with Gasteiger partial charge in [0.05, 0.1) is 4.90 Å². The van der Waals surface area contributed by atoms with Gasteiger partial charge in [-0.2, -0.15) is 0 Å². The number of urea groups is 1. The minimum atomic E-state index is -3.73. The third-order valence-electron chi connectivity index (χ3n) is 1.64. The van der Waals surface area contributed by atoms with Crippen LogP contribution in [0.2, 0.25) is 0 Å².